The Morgan fingerprint density at radius 2 is 2.21 bits per heavy atom. The molecular weight excluding hydrogens is 384 g/mol. The second kappa shape index (κ2) is 9.28. The monoisotopic (exact) mass is 414 g/mol. The van der Waals surface area contributed by atoms with Crippen molar-refractivity contribution in [3.63, 3.8) is 0 Å². The first-order chi connectivity index (χ1) is 14.2. The third-order valence-corrected chi connectivity index (χ3v) is 6.98. The minimum Gasteiger partial charge on any atom is -0.496 e. The quantitative estimate of drug-likeness (QED) is 0.784. The van der Waals surface area contributed by atoms with Gasteiger partial charge in [0.2, 0.25) is 5.91 Å². The number of amides is 1. The Bertz CT molecular complexity index is 806. The molecule has 1 aliphatic carbocycles. The Labute approximate surface area is 177 Å². The fourth-order valence-electron chi connectivity index (χ4n) is 4.68. The number of morpholine rings is 1. The first kappa shape index (κ1) is 20.4. The summed E-state index contributed by atoms with van der Waals surface area (Å²) in [5.74, 6) is 1.03. The predicted octanol–water partition coefficient (Wildman–Crippen LogP) is 3.63. The van der Waals surface area contributed by atoms with Crippen LogP contribution in [0.4, 0.5) is 0 Å². The van der Waals surface area contributed by atoms with Crippen LogP contribution in [0.2, 0.25) is 0 Å². The van der Waals surface area contributed by atoms with Crippen LogP contribution in [0.15, 0.2) is 41.8 Å². The van der Waals surface area contributed by atoms with E-state index < -0.39 is 0 Å². The van der Waals surface area contributed by atoms with E-state index in [9.17, 15) is 4.79 Å². The number of thiophene rings is 1. The number of rotatable bonds is 6. The Morgan fingerprint density at radius 3 is 3.03 bits per heavy atom. The minimum atomic E-state index is -0.288. The molecule has 2 aromatic rings. The smallest absolute Gasteiger partial charge is 0.225 e. The van der Waals surface area contributed by atoms with Gasteiger partial charge in [-0.25, -0.2) is 0 Å². The summed E-state index contributed by atoms with van der Waals surface area (Å²) in [6.45, 7) is 3.28. The van der Waals surface area contributed by atoms with Crippen molar-refractivity contribution >= 4 is 17.2 Å². The summed E-state index contributed by atoms with van der Waals surface area (Å²) in [7, 11) is 1.72. The molecule has 2 aliphatic rings. The zero-order valence-corrected chi connectivity index (χ0v) is 17.9. The molecule has 1 aliphatic heterocycles. The molecule has 29 heavy (non-hydrogen) atoms. The fraction of sp³-hybridized carbons (Fsp3) is 0.522. The summed E-state index contributed by atoms with van der Waals surface area (Å²) in [6.07, 6.45) is 4.73. The first-order valence-corrected chi connectivity index (χ1v) is 11.4. The van der Waals surface area contributed by atoms with E-state index in [2.05, 4.69) is 22.3 Å². The van der Waals surface area contributed by atoms with Crippen molar-refractivity contribution in [1.82, 2.24) is 10.2 Å². The van der Waals surface area contributed by atoms with Crippen LogP contribution >= 0.6 is 11.3 Å². The van der Waals surface area contributed by atoms with Gasteiger partial charge in [0.05, 0.1) is 26.2 Å². The fourth-order valence-corrected chi connectivity index (χ4v) is 5.39. The predicted molar refractivity (Wildman–Crippen MR) is 115 cm³/mol. The van der Waals surface area contributed by atoms with Gasteiger partial charge in [-0.2, -0.15) is 0 Å². The third kappa shape index (κ3) is 4.82. The summed E-state index contributed by atoms with van der Waals surface area (Å²) >= 11 is 1.63. The molecule has 1 spiro atoms. The van der Waals surface area contributed by atoms with Crippen LogP contribution < -0.4 is 10.1 Å². The number of para-hydroxylation sites is 1. The lowest BCUT2D eigenvalue weighted by atomic mass is 9.78. The number of benzene rings is 1. The summed E-state index contributed by atoms with van der Waals surface area (Å²) in [6, 6.07) is 12.3. The van der Waals surface area contributed by atoms with Crippen LogP contribution in [0.3, 0.4) is 0 Å². The van der Waals surface area contributed by atoms with Crippen molar-refractivity contribution in [2.75, 3.05) is 26.8 Å². The van der Waals surface area contributed by atoms with Gasteiger partial charge in [-0.1, -0.05) is 37.1 Å². The topological polar surface area (TPSA) is 50.8 Å². The summed E-state index contributed by atoms with van der Waals surface area (Å²) in [5, 5.41) is 5.33. The van der Waals surface area contributed by atoms with Gasteiger partial charge in [0, 0.05) is 30.1 Å². The Kier molecular flexibility index (Phi) is 6.53. The highest BCUT2D eigenvalue weighted by Gasteiger charge is 2.45. The second-order valence-corrected chi connectivity index (χ2v) is 9.09. The van der Waals surface area contributed by atoms with Crippen molar-refractivity contribution in [3.8, 4) is 5.75 Å². The van der Waals surface area contributed by atoms with Crippen molar-refractivity contribution < 1.29 is 14.3 Å². The van der Waals surface area contributed by atoms with Gasteiger partial charge in [-0.3, -0.25) is 9.69 Å². The molecule has 0 unspecified atom stereocenters. The molecule has 1 saturated heterocycles. The largest absolute Gasteiger partial charge is 0.496 e. The SMILES string of the molecule is COc1ccccc1CN1CCO[C@@]2(CCCC[C@@H]2NC(=O)Cc2cccs2)C1. The number of methoxy groups -OCH3 is 1. The van der Waals surface area contributed by atoms with Crippen LogP contribution in [-0.4, -0.2) is 49.3 Å². The van der Waals surface area contributed by atoms with Crippen LogP contribution in [-0.2, 0) is 22.5 Å². The second-order valence-electron chi connectivity index (χ2n) is 8.06. The summed E-state index contributed by atoms with van der Waals surface area (Å²) < 4.78 is 11.9. The van der Waals surface area contributed by atoms with E-state index in [-0.39, 0.29) is 17.6 Å². The van der Waals surface area contributed by atoms with Crippen LogP contribution in [0.1, 0.15) is 36.1 Å². The third-order valence-electron chi connectivity index (χ3n) is 6.10. The van der Waals surface area contributed by atoms with E-state index in [1.54, 1.807) is 18.4 Å². The highest BCUT2D eigenvalue weighted by molar-refractivity contribution is 7.10. The van der Waals surface area contributed by atoms with Crippen molar-refractivity contribution in [1.29, 1.82) is 0 Å². The lowest BCUT2D eigenvalue weighted by Crippen LogP contribution is -2.64. The molecule has 0 radical (unpaired) electrons. The molecule has 1 N–H and O–H groups in total. The summed E-state index contributed by atoms with van der Waals surface area (Å²) in [5.41, 5.74) is 0.907. The Hall–Kier alpha value is -1.89. The maximum Gasteiger partial charge on any atom is 0.225 e. The molecule has 0 bridgehead atoms. The van der Waals surface area contributed by atoms with Gasteiger partial charge in [0.1, 0.15) is 11.4 Å². The van der Waals surface area contributed by atoms with E-state index in [1.807, 2.05) is 29.6 Å². The Morgan fingerprint density at radius 1 is 1.31 bits per heavy atom. The molecule has 2 atom stereocenters. The molecule has 1 saturated carbocycles. The minimum absolute atomic E-state index is 0.0733. The lowest BCUT2D eigenvalue weighted by Gasteiger charge is -2.49. The zero-order valence-electron chi connectivity index (χ0n) is 17.1. The van der Waals surface area contributed by atoms with E-state index in [4.69, 9.17) is 9.47 Å². The molecule has 1 amide bonds. The molecule has 1 aromatic heterocycles. The van der Waals surface area contributed by atoms with E-state index in [0.29, 0.717) is 13.0 Å². The van der Waals surface area contributed by atoms with Gasteiger partial charge in [0.25, 0.3) is 0 Å². The average molecular weight is 415 g/mol. The van der Waals surface area contributed by atoms with Crippen molar-refractivity contribution in [3.05, 3.63) is 52.2 Å². The van der Waals surface area contributed by atoms with Crippen LogP contribution in [0.25, 0.3) is 0 Å². The number of nitrogens with zero attached hydrogens (tertiary/aromatic N) is 1. The maximum absolute atomic E-state index is 12.7. The van der Waals surface area contributed by atoms with E-state index in [0.717, 1.165) is 55.9 Å². The lowest BCUT2D eigenvalue weighted by molar-refractivity contribution is -0.151. The van der Waals surface area contributed by atoms with Crippen LogP contribution in [0, 0.1) is 0 Å². The normalized spacial score (nSPS) is 25.1. The number of hydrogen-bond acceptors (Lipinski definition) is 5. The molecule has 1 aromatic carbocycles. The van der Waals surface area contributed by atoms with E-state index in [1.165, 1.54) is 5.56 Å². The molecule has 2 heterocycles. The van der Waals surface area contributed by atoms with Crippen molar-refractivity contribution in [2.45, 2.75) is 50.3 Å². The van der Waals surface area contributed by atoms with Gasteiger partial charge in [-0.15, -0.1) is 11.3 Å². The summed E-state index contributed by atoms with van der Waals surface area (Å²) in [4.78, 5) is 16.2. The number of hydrogen-bond donors (Lipinski definition) is 1. The highest BCUT2D eigenvalue weighted by atomic mass is 32.1. The first-order valence-electron chi connectivity index (χ1n) is 10.5. The molecule has 2 fully saturated rings. The Balaban J connectivity index is 1.44. The van der Waals surface area contributed by atoms with E-state index >= 15 is 0 Å². The number of ether oxygens (including phenoxy) is 2. The molecule has 4 rings (SSSR count). The van der Waals surface area contributed by atoms with Crippen molar-refractivity contribution in [2.24, 2.45) is 0 Å². The zero-order chi connectivity index (χ0) is 20.1. The van der Waals surface area contributed by atoms with Crippen LogP contribution in [0.5, 0.6) is 5.75 Å². The number of carbonyl (C=O) groups is 1. The van der Waals surface area contributed by atoms with Gasteiger partial charge in [-0.05, 0) is 30.4 Å². The maximum atomic E-state index is 12.7. The molecule has 6 heteroatoms. The standard InChI is InChI=1S/C23H30N2O3S/c1-27-20-9-3-2-7-18(20)16-25-12-13-28-23(17-25)11-5-4-10-21(23)24-22(26)15-19-8-6-14-29-19/h2-3,6-9,14,21H,4-5,10-13,15-17H2,1H3,(H,24,26)/t21-,23-/m0/s1. The van der Waals surface area contributed by atoms with Gasteiger partial charge >= 0.3 is 0 Å². The van der Waals surface area contributed by atoms with Gasteiger partial charge in [0.15, 0.2) is 0 Å². The number of nitrogens with one attached hydrogen (secondary N) is 1. The van der Waals surface area contributed by atoms with Gasteiger partial charge < -0.3 is 14.8 Å². The molecular formula is C23H30N2O3S. The highest BCUT2D eigenvalue weighted by Crippen LogP contribution is 2.36. The number of carbonyl (C=O) groups excluding carboxylic acids is 1. The molecule has 5 nitrogen and oxygen atoms in total. The molecule has 156 valence electrons. The average Bonchev–Trinajstić information content (AvgIpc) is 3.23.